The SMILES string of the molecule is COc1ccc(CC2=C(c3ccc4nc(C5CC5)sc4c3)CC[C@@]2(C(=O)O)c2cccc(F)c2C)cc1. The van der Waals surface area contributed by atoms with Crippen LogP contribution in [-0.2, 0) is 16.6 Å². The molecule has 0 amide bonds. The van der Waals surface area contributed by atoms with E-state index in [1.54, 1.807) is 37.5 Å². The lowest BCUT2D eigenvalue weighted by Gasteiger charge is -2.31. The molecule has 2 aliphatic rings. The van der Waals surface area contributed by atoms with Crippen LogP contribution in [0.2, 0.25) is 0 Å². The molecule has 1 aromatic heterocycles. The summed E-state index contributed by atoms with van der Waals surface area (Å²) in [5.41, 5.74) is 4.50. The maximum Gasteiger partial charge on any atom is 0.318 e. The molecule has 0 saturated heterocycles. The summed E-state index contributed by atoms with van der Waals surface area (Å²) in [6, 6.07) is 18.8. The molecule has 6 rings (SSSR count). The van der Waals surface area contributed by atoms with Crippen molar-refractivity contribution < 1.29 is 19.0 Å². The monoisotopic (exact) mass is 513 g/mol. The number of carboxylic acid groups (broad SMARTS) is 1. The number of methoxy groups -OCH3 is 1. The van der Waals surface area contributed by atoms with Gasteiger partial charge >= 0.3 is 5.97 Å². The summed E-state index contributed by atoms with van der Waals surface area (Å²) in [6.07, 6.45) is 3.86. The quantitative estimate of drug-likeness (QED) is 0.279. The van der Waals surface area contributed by atoms with E-state index >= 15 is 0 Å². The molecule has 3 aromatic carbocycles. The van der Waals surface area contributed by atoms with Gasteiger partial charge in [-0.05, 0) is 103 Å². The standard InChI is InChI=1S/C31H28FNO3S/c1-18-24(4-3-5-26(18)32)31(30(34)35)15-14-23(25(31)16-19-6-11-22(36-2)12-7-19)21-10-13-27-28(17-21)37-29(33-27)20-8-9-20/h3-7,10-13,17,20H,8-9,14-16H2,1-2H3,(H,34,35)/t31-/m1/s1. The molecule has 0 unspecified atom stereocenters. The number of fused-ring (bicyclic) bond motifs is 1. The van der Waals surface area contributed by atoms with E-state index in [2.05, 4.69) is 18.2 Å². The number of nitrogens with zero attached hydrogens (tertiary/aromatic N) is 1. The number of thiazole rings is 1. The molecule has 37 heavy (non-hydrogen) atoms. The van der Waals surface area contributed by atoms with Crippen LogP contribution in [0.3, 0.4) is 0 Å². The summed E-state index contributed by atoms with van der Waals surface area (Å²) >= 11 is 1.74. The average Bonchev–Trinajstić information content (AvgIpc) is 3.56. The van der Waals surface area contributed by atoms with E-state index in [9.17, 15) is 14.3 Å². The van der Waals surface area contributed by atoms with Crippen molar-refractivity contribution in [3.63, 3.8) is 0 Å². The predicted octanol–water partition coefficient (Wildman–Crippen LogP) is 7.44. The molecular formula is C31H28FNO3S. The van der Waals surface area contributed by atoms with Crippen molar-refractivity contribution in [2.75, 3.05) is 7.11 Å². The minimum atomic E-state index is -1.30. The van der Waals surface area contributed by atoms with Crippen LogP contribution in [-0.4, -0.2) is 23.2 Å². The normalized spacial score (nSPS) is 19.5. The number of aromatic nitrogens is 1. The summed E-state index contributed by atoms with van der Waals surface area (Å²) < 4.78 is 21.2. The highest BCUT2D eigenvalue weighted by molar-refractivity contribution is 7.18. The fourth-order valence-corrected chi connectivity index (χ4v) is 6.92. The smallest absolute Gasteiger partial charge is 0.318 e. The molecule has 0 bridgehead atoms. The highest BCUT2D eigenvalue weighted by Crippen LogP contribution is 2.52. The van der Waals surface area contributed by atoms with Gasteiger partial charge in [-0.2, -0.15) is 0 Å². The van der Waals surface area contributed by atoms with Crippen molar-refractivity contribution in [2.24, 2.45) is 0 Å². The van der Waals surface area contributed by atoms with E-state index in [4.69, 9.17) is 9.72 Å². The van der Waals surface area contributed by atoms with Crippen LogP contribution in [0.5, 0.6) is 5.75 Å². The largest absolute Gasteiger partial charge is 0.497 e. The topological polar surface area (TPSA) is 59.4 Å². The van der Waals surface area contributed by atoms with E-state index in [1.165, 1.54) is 23.9 Å². The van der Waals surface area contributed by atoms with E-state index in [0.717, 1.165) is 38.2 Å². The molecule has 1 heterocycles. The molecule has 1 fully saturated rings. The Balaban J connectivity index is 1.54. The van der Waals surface area contributed by atoms with Crippen LogP contribution in [0, 0.1) is 12.7 Å². The van der Waals surface area contributed by atoms with Crippen molar-refractivity contribution in [3.8, 4) is 5.75 Å². The Morgan fingerprint density at radius 3 is 2.65 bits per heavy atom. The number of rotatable bonds is 7. The molecule has 4 aromatic rings. The second kappa shape index (κ2) is 9.10. The lowest BCUT2D eigenvalue weighted by molar-refractivity contribution is -0.142. The average molecular weight is 514 g/mol. The molecule has 1 N–H and O–H groups in total. The number of allylic oxidation sites excluding steroid dienone is 1. The van der Waals surface area contributed by atoms with Gasteiger partial charge in [0.15, 0.2) is 0 Å². The maximum atomic E-state index is 14.7. The molecule has 2 aliphatic carbocycles. The Kier molecular flexibility index (Phi) is 5.87. The first-order valence-corrected chi connectivity index (χ1v) is 13.5. The first-order chi connectivity index (χ1) is 17.9. The molecule has 0 radical (unpaired) electrons. The highest BCUT2D eigenvalue weighted by atomic mass is 32.1. The van der Waals surface area contributed by atoms with Crippen molar-refractivity contribution >= 4 is 33.1 Å². The van der Waals surface area contributed by atoms with Gasteiger partial charge < -0.3 is 9.84 Å². The second-order valence-corrected chi connectivity index (χ2v) is 11.2. The number of carboxylic acids is 1. The fourth-order valence-electron chi connectivity index (χ4n) is 5.75. The third-order valence-electron chi connectivity index (χ3n) is 7.94. The number of hydrogen-bond donors (Lipinski definition) is 1. The minimum Gasteiger partial charge on any atom is -0.497 e. The summed E-state index contributed by atoms with van der Waals surface area (Å²) in [4.78, 5) is 18.0. The number of ether oxygens (including phenoxy) is 1. The Morgan fingerprint density at radius 2 is 1.95 bits per heavy atom. The number of aliphatic carboxylic acids is 1. The van der Waals surface area contributed by atoms with Crippen molar-refractivity contribution in [1.82, 2.24) is 4.98 Å². The lowest BCUT2D eigenvalue weighted by atomic mass is 9.71. The second-order valence-electron chi connectivity index (χ2n) is 10.1. The summed E-state index contributed by atoms with van der Waals surface area (Å²) in [5.74, 6) is 0.0217. The van der Waals surface area contributed by atoms with Crippen LogP contribution < -0.4 is 4.74 Å². The van der Waals surface area contributed by atoms with Gasteiger partial charge in [0.2, 0.25) is 0 Å². The molecular weight excluding hydrogens is 485 g/mol. The van der Waals surface area contributed by atoms with Gasteiger partial charge in [0.1, 0.15) is 17.0 Å². The molecule has 1 saturated carbocycles. The maximum absolute atomic E-state index is 14.7. The van der Waals surface area contributed by atoms with Gasteiger partial charge in [0, 0.05) is 5.92 Å². The van der Waals surface area contributed by atoms with E-state index in [-0.39, 0.29) is 5.82 Å². The van der Waals surface area contributed by atoms with Gasteiger partial charge in [0.25, 0.3) is 0 Å². The van der Waals surface area contributed by atoms with Gasteiger partial charge in [-0.25, -0.2) is 9.37 Å². The van der Waals surface area contributed by atoms with Crippen molar-refractivity contribution in [2.45, 2.75) is 50.4 Å². The summed E-state index contributed by atoms with van der Waals surface area (Å²) in [7, 11) is 1.62. The van der Waals surface area contributed by atoms with Crippen molar-refractivity contribution in [1.29, 1.82) is 0 Å². The van der Waals surface area contributed by atoms with Crippen LogP contribution in [0.25, 0.3) is 15.8 Å². The van der Waals surface area contributed by atoms with E-state index in [1.807, 2.05) is 24.3 Å². The molecule has 0 spiro atoms. The van der Waals surface area contributed by atoms with E-state index in [0.29, 0.717) is 36.3 Å². The van der Waals surface area contributed by atoms with Crippen LogP contribution >= 0.6 is 11.3 Å². The highest BCUT2D eigenvalue weighted by Gasteiger charge is 2.49. The predicted molar refractivity (Wildman–Crippen MR) is 145 cm³/mol. The minimum absolute atomic E-state index is 0.381. The Bertz CT molecular complexity index is 1550. The van der Waals surface area contributed by atoms with Crippen LogP contribution in [0.1, 0.15) is 58.9 Å². The summed E-state index contributed by atoms with van der Waals surface area (Å²) in [5, 5.41) is 12.0. The Hall–Kier alpha value is -3.51. The number of halogens is 1. The van der Waals surface area contributed by atoms with Gasteiger partial charge in [-0.15, -0.1) is 11.3 Å². The first-order valence-electron chi connectivity index (χ1n) is 12.7. The van der Waals surface area contributed by atoms with Gasteiger partial charge in [-0.1, -0.05) is 30.3 Å². The first kappa shape index (κ1) is 23.9. The zero-order chi connectivity index (χ0) is 25.7. The lowest BCUT2D eigenvalue weighted by Crippen LogP contribution is -2.37. The number of hydrogen-bond acceptors (Lipinski definition) is 4. The van der Waals surface area contributed by atoms with Crippen LogP contribution in [0.15, 0.2) is 66.2 Å². The Morgan fingerprint density at radius 1 is 1.16 bits per heavy atom. The van der Waals surface area contributed by atoms with Gasteiger partial charge in [0.05, 0.1) is 22.3 Å². The van der Waals surface area contributed by atoms with E-state index < -0.39 is 11.4 Å². The number of carbonyl (C=O) groups is 1. The zero-order valence-electron chi connectivity index (χ0n) is 20.9. The fraction of sp³-hybridized carbons (Fsp3) is 0.290. The molecule has 188 valence electrons. The van der Waals surface area contributed by atoms with Gasteiger partial charge in [-0.3, -0.25) is 4.79 Å². The third kappa shape index (κ3) is 4.04. The Labute approximate surface area is 219 Å². The molecule has 0 aliphatic heterocycles. The number of benzene rings is 3. The summed E-state index contributed by atoms with van der Waals surface area (Å²) in [6.45, 7) is 1.68. The molecule has 1 atom stereocenters. The zero-order valence-corrected chi connectivity index (χ0v) is 21.7. The third-order valence-corrected chi connectivity index (χ3v) is 9.12. The molecule has 4 nitrogen and oxygen atoms in total. The van der Waals surface area contributed by atoms with Crippen LogP contribution in [0.4, 0.5) is 4.39 Å². The van der Waals surface area contributed by atoms with Crippen molar-refractivity contribution in [3.05, 3.63) is 99.3 Å². The molecule has 6 heteroatoms.